The Morgan fingerprint density at radius 2 is 2.23 bits per heavy atom. The first kappa shape index (κ1) is 9.75. The zero-order chi connectivity index (χ0) is 9.84. The van der Waals surface area contributed by atoms with E-state index in [2.05, 4.69) is 0 Å². The van der Waals surface area contributed by atoms with Gasteiger partial charge in [0.05, 0.1) is 12.0 Å². The lowest BCUT2D eigenvalue weighted by atomic mass is 10.2. The van der Waals surface area contributed by atoms with Crippen LogP contribution in [0.1, 0.15) is 5.56 Å². The molecule has 0 aliphatic rings. The fraction of sp³-hybridized carbons (Fsp3) is 0.222. The lowest BCUT2D eigenvalue weighted by Crippen LogP contribution is -1.88. The second kappa shape index (κ2) is 4.06. The largest absolute Gasteiger partial charge is 0.508 e. The number of methoxy groups -OCH3 is 1. The van der Waals surface area contributed by atoms with Crippen molar-refractivity contribution in [1.29, 1.82) is 5.26 Å². The minimum atomic E-state index is 0.150. The van der Waals surface area contributed by atoms with Gasteiger partial charge in [0.15, 0.2) is 0 Å². The van der Waals surface area contributed by atoms with E-state index in [0.29, 0.717) is 5.75 Å². The molecule has 0 fully saturated rings. The second-order valence-electron chi connectivity index (χ2n) is 2.49. The minimum absolute atomic E-state index is 0.150. The molecule has 0 saturated carbocycles. The van der Waals surface area contributed by atoms with Gasteiger partial charge in [-0.15, -0.1) is 0 Å². The number of nitrogens with zero attached hydrogens (tertiary/aromatic N) is 1. The summed E-state index contributed by atoms with van der Waals surface area (Å²) in [6.45, 7) is 1.82. The maximum atomic E-state index is 9.25. The molecular weight excluding hydrogens is 186 g/mol. The molecule has 0 unspecified atom stereocenters. The van der Waals surface area contributed by atoms with Crippen LogP contribution < -0.4 is 4.74 Å². The Balaban J connectivity index is 3.23. The predicted octanol–water partition coefficient (Wildman–Crippen LogP) is 2.28. The van der Waals surface area contributed by atoms with Crippen LogP contribution in [0.15, 0.2) is 17.0 Å². The monoisotopic (exact) mass is 195 g/mol. The van der Waals surface area contributed by atoms with Gasteiger partial charge < -0.3 is 9.84 Å². The molecule has 13 heavy (non-hydrogen) atoms. The zero-order valence-electron chi connectivity index (χ0n) is 7.37. The Morgan fingerprint density at radius 1 is 1.54 bits per heavy atom. The molecule has 0 radical (unpaired) electrons. The first-order chi connectivity index (χ1) is 6.19. The van der Waals surface area contributed by atoms with Gasteiger partial charge in [-0.05, 0) is 30.3 Å². The molecule has 0 aliphatic heterocycles. The quantitative estimate of drug-likeness (QED) is 0.581. The maximum Gasteiger partial charge on any atom is 0.138 e. The number of phenols is 1. The van der Waals surface area contributed by atoms with Crippen molar-refractivity contribution in [2.45, 2.75) is 11.8 Å². The van der Waals surface area contributed by atoms with E-state index in [1.165, 1.54) is 13.2 Å². The van der Waals surface area contributed by atoms with Crippen LogP contribution in [0.3, 0.4) is 0 Å². The number of rotatable bonds is 2. The molecule has 0 atom stereocenters. The molecule has 0 aromatic heterocycles. The molecule has 1 aromatic rings. The summed E-state index contributed by atoms with van der Waals surface area (Å²) in [5, 5.41) is 19.7. The van der Waals surface area contributed by atoms with Crippen LogP contribution in [0.5, 0.6) is 11.5 Å². The third kappa shape index (κ3) is 2.07. The molecule has 68 valence electrons. The second-order valence-corrected chi connectivity index (χ2v) is 3.28. The summed E-state index contributed by atoms with van der Waals surface area (Å²) in [7, 11) is 1.51. The van der Waals surface area contributed by atoms with Crippen molar-refractivity contribution in [1.82, 2.24) is 0 Å². The van der Waals surface area contributed by atoms with Crippen molar-refractivity contribution in [3.63, 3.8) is 0 Å². The molecule has 0 amide bonds. The highest BCUT2D eigenvalue weighted by atomic mass is 32.2. The van der Waals surface area contributed by atoms with Crippen LogP contribution >= 0.6 is 11.8 Å². The van der Waals surface area contributed by atoms with Crippen molar-refractivity contribution < 1.29 is 9.84 Å². The highest BCUT2D eigenvalue weighted by molar-refractivity contribution is 8.03. The standard InChI is InChI=1S/C9H9NO2S/c1-6-3-7(11)4-8(12-2)9(6)13-5-10/h3-4,11H,1-2H3. The molecule has 0 aliphatic carbocycles. The fourth-order valence-electron chi connectivity index (χ4n) is 1.05. The number of benzene rings is 1. The number of aryl methyl sites for hydroxylation is 1. The van der Waals surface area contributed by atoms with Crippen molar-refractivity contribution in [2.75, 3.05) is 7.11 Å². The van der Waals surface area contributed by atoms with Crippen molar-refractivity contribution in [3.05, 3.63) is 17.7 Å². The van der Waals surface area contributed by atoms with Gasteiger partial charge in [-0.3, -0.25) is 0 Å². The van der Waals surface area contributed by atoms with Crippen molar-refractivity contribution >= 4 is 11.8 Å². The SMILES string of the molecule is COc1cc(O)cc(C)c1SC#N. The number of thioether (sulfide) groups is 1. The van der Waals surface area contributed by atoms with Gasteiger partial charge in [0.1, 0.15) is 16.9 Å². The Labute approximate surface area is 80.9 Å². The minimum Gasteiger partial charge on any atom is -0.508 e. The number of nitriles is 1. The van der Waals surface area contributed by atoms with Crippen molar-refractivity contribution in [3.8, 4) is 16.9 Å². The summed E-state index contributed by atoms with van der Waals surface area (Å²) >= 11 is 1.03. The summed E-state index contributed by atoms with van der Waals surface area (Å²) in [6.07, 6.45) is 0. The van der Waals surface area contributed by atoms with Gasteiger partial charge in [-0.25, -0.2) is 0 Å². The number of hydrogen-bond acceptors (Lipinski definition) is 4. The van der Waals surface area contributed by atoms with E-state index in [0.717, 1.165) is 22.2 Å². The molecule has 4 heteroatoms. The van der Waals surface area contributed by atoms with Gasteiger partial charge in [0.25, 0.3) is 0 Å². The lowest BCUT2D eigenvalue weighted by Gasteiger charge is -2.08. The van der Waals surface area contributed by atoms with Crippen molar-refractivity contribution in [2.24, 2.45) is 0 Å². The molecule has 3 nitrogen and oxygen atoms in total. The van der Waals surface area contributed by atoms with Gasteiger partial charge in [0.2, 0.25) is 0 Å². The van der Waals surface area contributed by atoms with Crippen LogP contribution in [0.25, 0.3) is 0 Å². The predicted molar refractivity (Wildman–Crippen MR) is 50.9 cm³/mol. The molecule has 0 saturated heterocycles. The fourth-order valence-corrected chi connectivity index (χ4v) is 1.61. The number of aromatic hydroxyl groups is 1. The number of ether oxygens (including phenoxy) is 1. The molecule has 1 rings (SSSR count). The molecule has 0 heterocycles. The Morgan fingerprint density at radius 3 is 2.77 bits per heavy atom. The molecule has 1 aromatic carbocycles. The Hall–Kier alpha value is -1.34. The third-order valence-corrected chi connectivity index (χ3v) is 2.41. The van der Waals surface area contributed by atoms with E-state index >= 15 is 0 Å². The first-order valence-corrected chi connectivity index (χ1v) is 4.44. The van der Waals surface area contributed by atoms with E-state index < -0.39 is 0 Å². The van der Waals surface area contributed by atoms with E-state index in [4.69, 9.17) is 10.00 Å². The van der Waals surface area contributed by atoms with Crippen LogP contribution in [-0.4, -0.2) is 12.2 Å². The normalized spacial score (nSPS) is 9.31. The summed E-state index contributed by atoms with van der Waals surface area (Å²) in [6, 6.07) is 3.09. The summed E-state index contributed by atoms with van der Waals surface area (Å²) < 4.78 is 5.03. The average Bonchev–Trinajstić information content (AvgIpc) is 2.09. The van der Waals surface area contributed by atoms with Gasteiger partial charge in [0, 0.05) is 6.07 Å². The summed E-state index contributed by atoms with van der Waals surface area (Å²) in [4.78, 5) is 0.753. The number of phenolic OH excluding ortho intramolecular Hbond substituents is 1. The smallest absolute Gasteiger partial charge is 0.138 e. The highest BCUT2D eigenvalue weighted by Gasteiger charge is 2.08. The van der Waals surface area contributed by atoms with E-state index in [-0.39, 0.29) is 5.75 Å². The average molecular weight is 195 g/mol. The highest BCUT2D eigenvalue weighted by Crippen LogP contribution is 2.34. The maximum absolute atomic E-state index is 9.25. The molecule has 0 spiro atoms. The first-order valence-electron chi connectivity index (χ1n) is 3.62. The van der Waals surface area contributed by atoms with E-state index in [1.807, 2.05) is 12.3 Å². The van der Waals surface area contributed by atoms with Crippen LogP contribution in [-0.2, 0) is 0 Å². The lowest BCUT2D eigenvalue weighted by molar-refractivity contribution is 0.397. The number of thiocyanates is 1. The molecule has 0 bridgehead atoms. The van der Waals surface area contributed by atoms with E-state index in [1.54, 1.807) is 6.07 Å². The zero-order valence-corrected chi connectivity index (χ0v) is 8.18. The van der Waals surface area contributed by atoms with Gasteiger partial charge in [-0.1, -0.05) is 0 Å². The summed E-state index contributed by atoms with van der Waals surface area (Å²) in [5.41, 5.74) is 0.836. The van der Waals surface area contributed by atoms with Gasteiger partial charge in [-0.2, -0.15) is 5.26 Å². The summed E-state index contributed by atoms with van der Waals surface area (Å²) in [5.74, 6) is 0.681. The topological polar surface area (TPSA) is 53.2 Å². The van der Waals surface area contributed by atoms with Gasteiger partial charge >= 0.3 is 0 Å². The van der Waals surface area contributed by atoms with Crippen LogP contribution in [0.4, 0.5) is 0 Å². The third-order valence-electron chi connectivity index (χ3n) is 1.59. The molecular formula is C9H9NO2S. The van der Waals surface area contributed by atoms with Crippen LogP contribution in [0.2, 0.25) is 0 Å². The van der Waals surface area contributed by atoms with E-state index in [9.17, 15) is 5.11 Å². The van der Waals surface area contributed by atoms with Crippen LogP contribution in [0, 0.1) is 17.6 Å². The number of hydrogen-bond donors (Lipinski definition) is 1. The Kier molecular flexibility index (Phi) is 3.04. The Bertz CT molecular complexity index is 357. The molecule has 1 N–H and O–H groups in total.